The maximum Gasteiger partial charge on any atom is 0.224 e. The number of rotatable bonds is 25. The molecule has 0 aliphatic carbocycles. The lowest BCUT2D eigenvalue weighted by molar-refractivity contribution is -0.116. The van der Waals surface area contributed by atoms with E-state index in [9.17, 15) is 4.79 Å². The molecule has 1 rings (SSSR count). The van der Waals surface area contributed by atoms with E-state index in [1.165, 1.54) is 109 Å². The molecule has 3 nitrogen and oxygen atoms in total. The molecule has 0 bridgehead atoms. The molecule has 0 saturated heterocycles. The molecule has 1 aromatic carbocycles. The van der Waals surface area contributed by atoms with E-state index in [-0.39, 0.29) is 5.91 Å². The standard InChI is InChI=1S/C32H57NO2/c1-3-5-7-8-9-10-11-12-13-14-15-16-17-18-19-20-21-22-23-24-32(34)33-30-25-27-31(28-26-30)35-29-6-4-2/h25-28H,3-24,29H2,1-2H3,(H,33,34). The highest BCUT2D eigenvalue weighted by molar-refractivity contribution is 5.90. The van der Waals surface area contributed by atoms with Crippen LogP contribution >= 0.6 is 0 Å². The van der Waals surface area contributed by atoms with Crippen LogP contribution in [0, 0.1) is 0 Å². The molecule has 0 atom stereocenters. The third kappa shape index (κ3) is 20.4. The summed E-state index contributed by atoms with van der Waals surface area (Å²) in [6.07, 6.45) is 28.9. The van der Waals surface area contributed by atoms with E-state index >= 15 is 0 Å². The van der Waals surface area contributed by atoms with Crippen LogP contribution in [0.1, 0.15) is 155 Å². The third-order valence-electron chi connectivity index (χ3n) is 6.91. The summed E-state index contributed by atoms with van der Waals surface area (Å²) in [5, 5.41) is 3.00. The number of carbonyl (C=O) groups excluding carboxylic acids is 1. The van der Waals surface area contributed by atoms with E-state index in [1.54, 1.807) is 0 Å². The van der Waals surface area contributed by atoms with Crippen LogP contribution in [0.4, 0.5) is 5.69 Å². The molecule has 0 heterocycles. The summed E-state index contributed by atoms with van der Waals surface area (Å²) in [6.45, 7) is 5.20. The number of hydrogen-bond acceptors (Lipinski definition) is 2. The Morgan fingerprint density at radius 2 is 0.971 bits per heavy atom. The van der Waals surface area contributed by atoms with E-state index in [0.717, 1.165) is 43.7 Å². The van der Waals surface area contributed by atoms with Crippen molar-refractivity contribution in [2.45, 2.75) is 155 Å². The van der Waals surface area contributed by atoms with E-state index in [0.29, 0.717) is 6.42 Å². The van der Waals surface area contributed by atoms with Crippen molar-refractivity contribution in [1.29, 1.82) is 0 Å². The van der Waals surface area contributed by atoms with Gasteiger partial charge < -0.3 is 10.1 Å². The molecule has 3 heteroatoms. The number of ether oxygens (including phenoxy) is 1. The van der Waals surface area contributed by atoms with Crippen molar-refractivity contribution in [1.82, 2.24) is 0 Å². The highest BCUT2D eigenvalue weighted by Gasteiger charge is 2.03. The number of benzene rings is 1. The van der Waals surface area contributed by atoms with Crippen LogP contribution in [0.15, 0.2) is 24.3 Å². The van der Waals surface area contributed by atoms with Gasteiger partial charge in [-0.25, -0.2) is 0 Å². The van der Waals surface area contributed by atoms with Crippen molar-refractivity contribution in [2.24, 2.45) is 0 Å². The molecule has 0 aromatic heterocycles. The van der Waals surface area contributed by atoms with Gasteiger partial charge in [0, 0.05) is 12.1 Å². The lowest BCUT2D eigenvalue weighted by atomic mass is 10.0. The van der Waals surface area contributed by atoms with Crippen molar-refractivity contribution < 1.29 is 9.53 Å². The summed E-state index contributed by atoms with van der Waals surface area (Å²) in [7, 11) is 0. The number of unbranched alkanes of at least 4 members (excludes halogenated alkanes) is 19. The Kier molecular flexibility index (Phi) is 21.8. The first-order chi connectivity index (χ1) is 17.3. The van der Waals surface area contributed by atoms with Gasteiger partial charge in [0.2, 0.25) is 5.91 Å². The summed E-state index contributed by atoms with van der Waals surface area (Å²) in [5.41, 5.74) is 0.857. The van der Waals surface area contributed by atoms with Crippen molar-refractivity contribution in [2.75, 3.05) is 11.9 Å². The molecule has 1 N–H and O–H groups in total. The fourth-order valence-electron chi connectivity index (χ4n) is 4.56. The minimum absolute atomic E-state index is 0.122. The van der Waals surface area contributed by atoms with Crippen LogP contribution in [0.25, 0.3) is 0 Å². The average molecular weight is 488 g/mol. The molecule has 0 unspecified atom stereocenters. The van der Waals surface area contributed by atoms with E-state index in [1.807, 2.05) is 24.3 Å². The van der Waals surface area contributed by atoms with E-state index < -0.39 is 0 Å². The fourth-order valence-corrected chi connectivity index (χ4v) is 4.56. The highest BCUT2D eigenvalue weighted by Crippen LogP contribution is 2.17. The second kappa shape index (κ2) is 24.2. The maximum absolute atomic E-state index is 12.1. The Hall–Kier alpha value is -1.51. The normalized spacial score (nSPS) is 11.0. The van der Waals surface area contributed by atoms with Crippen LogP contribution in [-0.2, 0) is 4.79 Å². The van der Waals surface area contributed by atoms with Gasteiger partial charge in [-0.1, -0.05) is 136 Å². The van der Waals surface area contributed by atoms with Crippen LogP contribution in [0.3, 0.4) is 0 Å². The SMILES string of the molecule is CCCCCCCCCCCCCCCCCCCCCC(=O)Nc1ccc(OCCCC)cc1. The lowest BCUT2D eigenvalue weighted by Gasteiger charge is -2.08. The molecule has 0 saturated carbocycles. The summed E-state index contributed by atoms with van der Waals surface area (Å²) in [4.78, 5) is 12.1. The molecule has 202 valence electrons. The molecule has 1 aromatic rings. The zero-order valence-corrected chi connectivity index (χ0v) is 23.4. The van der Waals surface area contributed by atoms with Crippen molar-refractivity contribution in [3.63, 3.8) is 0 Å². The van der Waals surface area contributed by atoms with Crippen LogP contribution in [-0.4, -0.2) is 12.5 Å². The molecule has 35 heavy (non-hydrogen) atoms. The van der Waals surface area contributed by atoms with Crippen LogP contribution in [0.5, 0.6) is 5.75 Å². The minimum atomic E-state index is 0.122. The lowest BCUT2D eigenvalue weighted by Crippen LogP contribution is -2.10. The maximum atomic E-state index is 12.1. The van der Waals surface area contributed by atoms with Gasteiger partial charge >= 0.3 is 0 Å². The van der Waals surface area contributed by atoms with Crippen LogP contribution in [0.2, 0.25) is 0 Å². The zero-order valence-electron chi connectivity index (χ0n) is 23.4. The molecule has 0 radical (unpaired) electrons. The van der Waals surface area contributed by atoms with Gasteiger partial charge in [-0.05, 0) is 37.1 Å². The quantitative estimate of drug-likeness (QED) is 0.139. The van der Waals surface area contributed by atoms with E-state index in [2.05, 4.69) is 19.2 Å². The van der Waals surface area contributed by atoms with Crippen molar-refractivity contribution in [3.8, 4) is 5.75 Å². The van der Waals surface area contributed by atoms with Crippen molar-refractivity contribution >= 4 is 11.6 Å². The number of anilines is 1. The molecule has 0 fully saturated rings. The summed E-state index contributed by atoms with van der Waals surface area (Å²) >= 11 is 0. The first kappa shape index (κ1) is 31.5. The predicted octanol–water partition coefficient (Wildman–Crippen LogP) is 10.6. The van der Waals surface area contributed by atoms with Gasteiger partial charge in [-0.2, -0.15) is 0 Å². The summed E-state index contributed by atoms with van der Waals surface area (Å²) in [6, 6.07) is 7.72. The number of amides is 1. The minimum Gasteiger partial charge on any atom is -0.494 e. The third-order valence-corrected chi connectivity index (χ3v) is 6.91. The first-order valence-corrected chi connectivity index (χ1v) is 15.3. The Balaban J connectivity index is 1.82. The smallest absolute Gasteiger partial charge is 0.224 e. The van der Waals surface area contributed by atoms with Gasteiger partial charge in [0.15, 0.2) is 0 Å². The first-order valence-electron chi connectivity index (χ1n) is 15.3. The van der Waals surface area contributed by atoms with Crippen molar-refractivity contribution in [3.05, 3.63) is 24.3 Å². The Morgan fingerprint density at radius 3 is 1.40 bits per heavy atom. The summed E-state index contributed by atoms with van der Waals surface area (Å²) < 4.78 is 5.67. The van der Waals surface area contributed by atoms with Gasteiger partial charge in [0.1, 0.15) is 5.75 Å². The van der Waals surface area contributed by atoms with Gasteiger partial charge in [-0.15, -0.1) is 0 Å². The fraction of sp³-hybridized carbons (Fsp3) is 0.781. The Labute approximate surface area is 218 Å². The zero-order chi connectivity index (χ0) is 25.2. The molecular weight excluding hydrogens is 430 g/mol. The molecular formula is C32H57NO2. The van der Waals surface area contributed by atoms with E-state index in [4.69, 9.17) is 4.74 Å². The van der Waals surface area contributed by atoms with Crippen LogP contribution < -0.4 is 10.1 Å². The Bertz CT molecular complexity index is 584. The van der Waals surface area contributed by atoms with Gasteiger partial charge in [0.25, 0.3) is 0 Å². The largest absolute Gasteiger partial charge is 0.494 e. The Morgan fingerprint density at radius 1 is 0.571 bits per heavy atom. The molecule has 0 spiro atoms. The number of hydrogen-bond donors (Lipinski definition) is 1. The molecule has 0 aliphatic rings. The van der Waals surface area contributed by atoms with Gasteiger partial charge in [-0.3, -0.25) is 4.79 Å². The number of nitrogens with one attached hydrogen (secondary N) is 1. The number of carbonyl (C=O) groups is 1. The summed E-state index contributed by atoms with van der Waals surface area (Å²) in [5.74, 6) is 0.992. The predicted molar refractivity (Wildman–Crippen MR) is 153 cm³/mol. The molecule has 0 aliphatic heterocycles. The topological polar surface area (TPSA) is 38.3 Å². The van der Waals surface area contributed by atoms with Gasteiger partial charge in [0.05, 0.1) is 6.61 Å². The second-order valence-electron chi connectivity index (χ2n) is 10.4. The highest BCUT2D eigenvalue weighted by atomic mass is 16.5. The average Bonchev–Trinajstić information content (AvgIpc) is 2.86. The monoisotopic (exact) mass is 487 g/mol. The second-order valence-corrected chi connectivity index (χ2v) is 10.4. The molecule has 1 amide bonds.